The number of rotatable bonds is 5. The van der Waals surface area contributed by atoms with Crippen molar-refractivity contribution in [3.63, 3.8) is 0 Å². The van der Waals surface area contributed by atoms with Gasteiger partial charge in [0, 0.05) is 12.2 Å². The summed E-state index contributed by atoms with van der Waals surface area (Å²) >= 11 is 1.40. The fraction of sp³-hybridized carbons (Fsp3) is 0.368. The van der Waals surface area contributed by atoms with E-state index < -0.39 is 5.82 Å². The van der Waals surface area contributed by atoms with Gasteiger partial charge in [-0.05, 0) is 49.3 Å². The standard InChI is InChI=1S/C19H20FN5O2S/c1-10(11-6-12(20)9-21-8-11)22-19-24-15-4-5-28-17(15)16(25-19)18(27)23-13-2-3-14(26)7-13/h4-6,8-10,13-14,26H,2-3,7H2,1H3,(H,23,27)(H,22,24,25)/t10-,13+,14-/m0/s1. The van der Waals surface area contributed by atoms with E-state index in [9.17, 15) is 14.3 Å². The monoisotopic (exact) mass is 401 g/mol. The van der Waals surface area contributed by atoms with Crippen molar-refractivity contribution >= 4 is 33.4 Å². The van der Waals surface area contributed by atoms with Crippen LogP contribution in [0.4, 0.5) is 10.3 Å². The molecule has 3 heterocycles. The number of nitrogens with one attached hydrogen (secondary N) is 2. The van der Waals surface area contributed by atoms with E-state index in [2.05, 4.69) is 25.6 Å². The number of aliphatic hydroxyl groups excluding tert-OH is 1. The van der Waals surface area contributed by atoms with Gasteiger partial charge in [0.2, 0.25) is 5.95 Å². The summed E-state index contributed by atoms with van der Waals surface area (Å²) in [4.78, 5) is 25.6. The Labute approximate surface area is 165 Å². The summed E-state index contributed by atoms with van der Waals surface area (Å²) < 4.78 is 14.1. The molecule has 1 saturated carbocycles. The topological polar surface area (TPSA) is 100 Å². The molecule has 1 aliphatic rings. The highest BCUT2D eigenvalue weighted by atomic mass is 32.1. The average molecular weight is 401 g/mol. The Kier molecular flexibility index (Phi) is 5.19. The third-order valence-electron chi connectivity index (χ3n) is 4.83. The van der Waals surface area contributed by atoms with Gasteiger partial charge in [-0.2, -0.15) is 0 Å². The van der Waals surface area contributed by atoms with Crippen molar-refractivity contribution in [3.05, 3.63) is 47.0 Å². The highest BCUT2D eigenvalue weighted by Gasteiger charge is 2.26. The minimum Gasteiger partial charge on any atom is -0.393 e. The molecule has 9 heteroatoms. The molecule has 0 aliphatic heterocycles. The normalized spacial score (nSPS) is 20.2. The van der Waals surface area contributed by atoms with E-state index in [1.165, 1.54) is 17.4 Å². The zero-order valence-corrected chi connectivity index (χ0v) is 16.0. The summed E-state index contributed by atoms with van der Waals surface area (Å²) in [6.45, 7) is 1.84. The molecule has 0 saturated heterocycles. The molecule has 3 N–H and O–H groups in total. The van der Waals surface area contributed by atoms with Crippen LogP contribution in [-0.4, -0.2) is 38.1 Å². The SMILES string of the molecule is C[C@H](Nc1nc(C(=O)N[C@@H]2CC[C@H](O)C2)c2sccc2n1)c1cncc(F)c1. The minimum absolute atomic E-state index is 0.0545. The maximum absolute atomic E-state index is 13.4. The molecule has 0 spiro atoms. The molecule has 146 valence electrons. The number of anilines is 1. The molecular formula is C19H20FN5O2S. The van der Waals surface area contributed by atoms with Crippen molar-refractivity contribution in [2.24, 2.45) is 0 Å². The van der Waals surface area contributed by atoms with Gasteiger partial charge in [0.25, 0.3) is 5.91 Å². The highest BCUT2D eigenvalue weighted by molar-refractivity contribution is 7.17. The molecule has 0 radical (unpaired) electrons. The number of carbonyl (C=O) groups is 1. The van der Waals surface area contributed by atoms with Crippen molar-refractivity contribution in [1.82, 2.24) is 20.3 Å². The quantitative estimate of drug-likeness (QED) is 0.608. The molecule has 3 atom stereocenters. The number of aliphatic hydroxyl groups is 1. The summed E-state index contributed by atoms with van der Waals surface area (Å²) in [6.07, 6.45) is 4.35. The van der Waals surface area contributed by atoms with Crippen LogP contribution < -0.4 is 10.6 Å². The molecule has 3 aromatic rings. The van der Waals surface area contributed by atoms with Crippen LogP contribution >= 0.6 is 11.3 Å². The summed E-state index contributed by atoms with van der Waals surface area (Å²) in [6, 6.07) is 2.88. The fourth-order valence-corrected chi connectivity index (χ4v) is 4.18. The molecule has 0 aromatic carbocycles. The maximum atomic E-state index is 13.4. The lowest BCUT2D eigenvalue weighted by Gasteiger charge is -2.16. The van der Waals surface area contributed by atoms with E-state index >= 15 is 0 Å². The predicted octanol–water partition coefficient (Wildman–Crippen LogP) is 3.04. The van der Waals surface area contributed by atoms with Crippen LogP contribution in [0.2, 0.25) is 0 Å². The molecule has 7 nitrogen and oxygen atoms in total. The largest absolute Gasteiger partial charge is 0.393 e. The van der Waals surface area contributed by atoms with E-state index in [0.29, 0.717) is 40.3 Å². The molecule has 0 unspecified atom stereocenters. The lowest BCUT2D eigenvalue weighted by molar-refractivity contribution is 0.0931. The molecule has 1 amide bonds. The average Bonchev–Trinajstić information content (AvgIpc) is 3.29. The smallest absolute Gasteiger partial charge is 0.271 e. The van der Waals surface area contributed by atoms with Crippen LogP contribution in [0.5, 0.6) is 0 Å². The van der Waals surface area contributed by atoms with Crippen LogP contribution in [0, 0.1) is 5.82 Å². The van der Waals surface area contributed by atoms with Gasteiger partial charge in [0.1, 0.15) is 5.82 Å². The molecule has 1 aliphatic carbocycles. The first-order valence-electron chi connectivity index (χ1n) is 9.11. The number of carbonyl (C=O) groups excluding carboxylic acids is 1. The van der Waals surface area contributed by atoms with E-state index in [1.807, 2.05) is 18.4 Å². The van der Waals surface area contributed by atoms with Gasteiger partial charge in [-0.25, -0.2) is 14.4 Å². The van der Waals surface area contributed by atoms with Gasteiger partial charge in [0.15, 0.2) is 5.69 Å². The van der Waals surface area contributed by atoms with E-state index in [4.69, 9.17) is 0 Å². The number of hydrogen-bond acceptors (Lipinski definition) is 7. The van der Waals surface area contributed by atoms with Crippen LogP contribution in [0.25, 0.3) is 10.2 Å². The number of pyridine rings is 1. The lowest BCUT2D eigenvalue weighted by Crippen LogP contribution is -2.34. The van der Waals surface area contributed by atoms with Crippen molar-refractivity contribution in [2.45, 2.75) is 44.4 Å². The Morgan fingerprint density at radius 1 is 1.36 bits per heavy atom. The first kappa shape index (κ1) is 18.7. The second kappa shape index (κ2) is 7.76. The third-order valence-corrected chi connectivity index (χ3v) is 5.74. The molecule has 3 aromatic heterocycles. The zero-order valence-electron chi connectivity index (χ0n) is 15.2. The number of hydrogen-bond donors (Lipinski definition) is 3. The molecule has 28 heavy (non-hydrogen) atoms. The van der Waals surface area contributed by atoms with Gasteiger partial charge >= 0.3 is 0 Å². The maximum Gasteiger partial charge on any atom is 0.271 e. The zero-order chi connectivity index (χ0) is 19.7. The van der Waals surface area contributed by atoms with Gasteiger partial charge in [-0.1, -0.05) is 0 Å². The van der Waals surface area contributed by atoms with Gasteiger partial charge in [-0.15, -0.1) is 11.3 Å². The van der Waals surface area contributed by atoms with E-state index in [1.54, 1.807) is 6.20 Å². The van der Waals surface area contributed by atoms with Gasteiger partial charge in [0.05, 0.1) is 28.6 Å². The second-order valence-corrected chi connectivity index (χ2v) is 7.89. The summed E-state index contributed by atoms with van der Waals surface area (Å²) in [5.41, 5.74) is 1.62. The second-order valence-electron chi connectivity index (χ2n) is 6.97. The third kappa shape index (κ3) is 3.95. The predicted molar refractivity (Wildman–Crippen MR) is 105 cm³/mol. The van der Waals surface area contributed by atoms with Gasteiger partial charge < -0.3 is 15.7 Å². The van der Waals surface area contributed by atoms with E-state index in [0.717, 1.165) is 12.6 Å². The van der Waals surface area contributed by atoms with Crippen LogP contribution in [0.1, 0.15) is 48.3 Å². The molecule has 1 fully saturated rings. The summed E-state index contributed by atoms with van der Waals surface area (Å²) in [5, 5.41) is 17.6. The molecule has 4 rings (SSSR count). The number of nitrogens with zero attached hydrogens (tertiary/aromatic N) is 3. The first-order chi connectivity index (χ1) is 13.5. The van der Waals surface area contributed by atoms with Crippen LogP contribution in [0.3, 0.4) is 0 Å². The Hall–Kier alpha value is -2.65. The Balaban J connectivity index is 1.59. The number of halogens is 1. The van der Waals surface area contributed by atoms with Crippen molar-refractivity contribution < 1.29 is 14.3 Å². The Morgan fingerprint density at radius 3 is 2.96 bits per heavy atom. The van der Waals surface area contributed by atoms with Gasteiger partial charge in [-0.3, -0.25) is 9.78 Å². The fourth-order valence-electron chi connectivity index (χ4n) is 3.37. The molecular weight excluding hydrogens is 381 g/mol. The van der Waals surface area contributed by atoms with Crippen molar-refractivity contribution in [3.8, 4) is 0 Å². The number of thiophene rings is 1. The highest BCUT2D eigenvalue weighted by Crippen LogP contribution is 2.26. The van der Waals surface area contributed by atoms with Crippen molar-refractivity contribution in [1.29, 1.82) is 0 Å². The van der Waals surface area contributed by atoms with E-state index in [-0.39, 0.29) is 24.1 Å². The number of amides is 1. The van der Waals surface area contributed by atoms with Crippen LogP contribution in [0.15, 0.2) is 29.9 Å². The minimum atomic E-state index is -0.417. The van der Waals surface area contributed by atoms with Crippen LogP contribution in [-0.2, 0) is 0 Å². The lowest BCUT2D eigenvalue weighted by atomic mass is 10.1. The number of aromatic nitrogens is 3. The molecule has 0 bridgehead atoms. The van der Waals surface area contributed by atoms with Crippen molar-refractivity contribution in [2.75, 3.05) is 5.32 Å². The summed E-state index contributed by atoms with van der Waals surface area (Å²) in [5.74, 6) is -0.407. The Morgan fingerprint density at radius 2 is 2.21 bits per heavy atom. The Bertz CT molecular complexity index is 1010. The number of fused-ring (bicyclic) bond motifs is 1. The summed E-state index contributed by atoms with van der Waals surface area (Å²) in [7, 11) is 0. The first-order valence-corrected chi connectivity index (χ1v) is 9.98.